The number of fused-ring (bicyclic) bond motifs is 5. The van der Waals surface area contributed by atoms with Gasteiger partial charge in [-0.05, 0) is 18.6 Å². The summed E-state index contributed by atoms with van der Waals surface area (Å²) in [5, 5.41) is 9.18. The second kappa shape index (κ2) is 9.72. The highest BCUT2D eigenvalue weighted by molar-refractivity contribution is 8.00. The molecule has 2 amide bonds. The summed E-state index contributed by atoms with van der Waals surface area (Å²) in [7, 11) is 0. The van der Waals surface area contributed by atoms with Gasteiger partial charge >= 0.3 is 5.97 Å². The van der Waals surface area contributed by atoms with Gasteiger partial charge in [-0.1, -0.05) is 18.2 Å². The van der Waals surface area contributed by atoms with Gasteiger partial charge in [-0.15, -0.1) is 11.8 Å². The van der Waals surface area contributed by atoms with E-state index in [1.54, 1.807) is 23.5 Å². The Morgan fingerprint density at radius 1 is 1.17 bits per heavy atom. The number of aliphatic hydroxyl groups is 1. The van der Waals surface area contributed by atoms with Gasteiger partial charge in [0.2, 0.25) is 11.8 Å². The number of hydrogen-bond donors (Lipinski definition) is 1. The van der Waals surface area contributed by atoms with Crippen molar-refractivity contribution in [1.29, 1.82) is 0 Å². The van der Waals surface area contributed by atoms with Gasteiger partial charge in [0, 0.05) is 21.7 Å². The van der Waals surface area contributed by atoms with Crippen LogP contribution in [-0.2, 0) is 23.9 Å². The minimum Gasteiger partial charge on any atom is -0.464 e. The second-order valence-electron chi connectivity index (χ2n) is 7.52. The van der Waals surface area contributed by atoms with Crippen LogP contribution in [0.5, 0.6) is 0 Å². The first-order chi connectivity index (χ1) is 14.6. The molecule has 2 bridgehead atoms. The third kappa shape index (κ3) is 4.39. The van der Waals surface area contributed by atoms with Gasteiger partial charge < -0.3 is 14.6 Å². The van der Waals surface area contributed by atoms with Crippen molar-refractivity contribution in [3.63, 3.8) is 0 Å². The minimum absolute atomic E-state index is 0.0185. The van der Waals surface area contributed by atoms with Crippen molar-refractivity contribution in [1.82, 2.24) is 4.90 Å². The number of ether oxygens (including phenoxy) is 2. The molecule has 4 rings (SSSR count). The molecule has 1 aromatic rings. The third-order valence-corrected chi connectivity index (χ3v) is 8.05. The molecule has 5 atom stereocenters. The van der Waals surface area contributed by atoms with E-state index in [9.17, 15) is 14.4 Å². The number of carbonyl (C=O) groups excluding carboxylic acids is 3. The van der Waals surface area contributed by atoms with E-state index in [0.717, 1.165) is 11.3 Å². The number of esters is 1. The summed E-state index contributed by atoms with van der Waals surface area (Å²) in [4.78, 5) is 39.9. The van der Waals surface area contributed by atoms with Gasteiger partial charge in [0.1, 0.15) is 6.61 Å². The van der Waals surface area contributed by atoms with Gasteiger partial charge in [0.25, 0.3) is 0 Å². The number of nitrogens with zero attached hydrogens (tertiary/aromatic N) is 1. The van der Waals surface area contributed by atoms with Crippen molar-refractivity contribution in [2.75, 3.05) is 31.3 Å². The number of carbonyl (C=O) groups is 3. The van der Waals surface area contributed by atoms with E-state index in [2.05, 4.69) is 0 Å². The maximum Gasteiger partial charge on any atom is 0.306 e. The van der Waals surface area contributed by atoms with Crippen molar-refractivity contribution < 1.29 is 29.0 Å². The maximum atomic E-state index is 12.8. The maximum absolute atomic E-state index is 12.8. The second-order valence-corrected chi connectivity index (χ2v) is 10.0. The molecule has 0 radical (unpaired) electrons. The van der Waals surface area contributed by atoms with Crippen LogP contribution in [-0.4, -0.2) is 76.5 Å². The Labute approximate surface area is 183 Å². The van der Waals surface area contributed by atoms with Crippen LogP contribution in [0.25, 0.3) is 0 Å². The van der Waals surface area contributed by atoms with E-state index < -0.39 is 11.8 Å². The Morgan fingerprint density at radius 3 is 2.70 bits per heavy atom. The van der Waals surface area contributed by atoms with Crippen LogP contribution >= 0.6 is 23.5 Å². The molecule has 9 heteroatoms. The number of likely N-dealkylation sites (tertiary alicyclic amines) is 1. The lowest BCUT2D eigenvalue weighted by atomic mass is 9.81. The molecule has 7 nitrogen and oxygen atoms in total. The lowest BCUT2D eigenvalue weighted by molar-refractivity contribution is -0.149. The number of aliphatic hydroxyl groups excluding tert-OH is 1. The first kappa shape index (κ1) is 21.7. The Morgan fingerprint density at radius 2 is 1.93 bits per heavy atom. The molecule has 0 aliphatic carbocycles. The molecule has 0 aromatic heterocycles. The van der Waals surface area contributed by atoms with Crippen LogP contribution < -0.4 is 0 Å². The molecule has 0 spiro atoms. The lowest BCUT2D eigenvalue weighted by Gasteiger charge is -2.24. The molecule has 1 N–H and O–H groups in total. The molecule has 5 unspecified atom stereocenters. The standard InChI is InChI=1S/C21H25NO6S2/c23-8-11-30-15-12-14-17-18(19(15)28-14)21(26)22(20(17)25)7-9-27-16(24)6-10-29-13-4-2-1-3-5-13/h1-5,14-15,17-19,23H,6-12H2. The summed E-state index contributed by atoms with van der Waals surface area (Å²) in [6.07, 6.45) is 0.511. The van der Waals surface area contributed by atoms with E-state index >= 15 is 0 Å². The highest BCUT2D eigenvalue weighted by Crippen LogP contribution is 2.51. The molecule has 0 saturated carbocycles. The smallest absolute Gasteiger partial charge is 0.306 e. The van der Waals surface area contributed by atoms with Crippen LogP contribution in [0.4, 0.5) is 0 Å². The van der Waals surface area contributed by atoms with Crippen LogP contribution in [0, 0.1) is 11.8 Å². The molecule has 1 aromatic carbocycles. The van der Waals surface area contributed by atoms with Crippen LogP contribution in [0.2, 0.25) is 0 Å². The number of benzene rings is 1. The molecular formula is C21H25NO6S2. The molecule has 3 aliphatic heterocycles. The first-order valence-corrected chi connectivity index (χ1v) is 12.2. The van der Waals surface area contributed by atoms with Crippen molar-refractivity contribution in [2.24, 2.45) is 11.8 Å². The van der Waals surface area contributed by atoms with E-state index in [1.807, 2.05) is 30.3 Å². The van der Waals surface area contributed by atoms with Crippen molar-refractivity contribution in [3.8, 4) is 0 Å². The molecule has 162 valence electrons. The summed E-state index contributed by atoms with van der Waals surface area (Å²) in [6.45, 7) is 0.196. The minimum atomic E-state index is -0.439. The Bertz CT molecular complexity index is 791. The highest BCUT2D eigenvalue weighted by atomic mass is 32.2. The molecule has 30 heavy (non-hydrogen) atoms. The van der Waals surface area contributed by atoms with E-state index in [4.69, 9.17) is 14.6 Å². The predicted octanol–water partition coefficient (Wildman–Crippen LogP) is 1.58. The van der Waals surface area contributed by atoms with Gasteiger partial charge in [-0.3, -0.25) is 19.3 Å². The number of imide groups is 1. The molecule has 3 heterocycles. The Hall–Kier alpha value is -1.55. The number of amides is 2. The zero-order valence-corrected chi connectivity index (χ0v) is 18.1. The highest BCUT2D eigenvalue weighted by Gasteiger charge is 2.65. The quantitative estimate of drug-likeness (QED) is 0.326. The number of thioether (sulfide) groups is 2. The zero-order valence-electron chi connectivity index (χ0n) is 16.5. The topological polar surface area (TPSA) is 93.1 Å². The molecule has 3 aliphatic rings. The van der Waals surface area contributed by atoms with Crippen molar-refractivity contribution in [3.05, 3.63) is 30.3 Å². The van der Waals surface area contributed by atoms with Gasteiger partial charge in [0.15, 0.2) is 0 Å². The summed E-state index contributed by atoms with van der Waals surface area (Å²) < 4.78 is 11.1. The largest absolute Gasteiger partial charge is 0.464 e. The van der Waals surface area contributed by atoms with Crippen LogP contribution in [0.1, 0.15) is 12.8 Å². The van der Waals surface area contributed by atoms with E-state index in [-0.39, 0.29) is 61.4 Å². The predicted molar refractivity (Wildman–Crippen MR) is 113 cm³/mol. The summed E-state index contributed by atoms with van der Waals surface area (Å²) >= 11 is 3.18. The van der Waals surface area contributed by atoms with Gasteiger partial charge in [-0.25, -0.2) is 0 Å². The first-order valence-electron chi connectivity index (χ1n) is 10.2. The fraction of sp³-hybridized carbons (Fsp3) is 0.571. The van der Waals surface area contributed by atoms with Crippen molar-refractivity contribution >= 4 is 41.3 Å². The molecule has 3 saturated heterocycles. The number of rotatable bonds is 10. The van der Waals surface area contributed by atoms with E-state index in [1.165, 1.54) is 4.90 Å². The van der Waals surface area contributed by atoms with Gasteiger partial charge in [0.05, 0.1) is 43.6 Å². The third-order valence-electron chi connectivity index (χ3n) is 5.73. The monoisotopic (exact) mass is 451 g/mol. The fourth-order valence-electron chi connectivity index (χ4n) is 4.45. The fourth-order valence-corrected chi connectivity index (χ4v) is 6.46. The summed E-state index contributed by atoms with van der Waals surface area (Å²) in [5.74, 6) is -0.402. The summed E-state index contributed by atoms with van der Waals surface area (Å²) in [5.41, 5.74) is 0. The van der Waals surface area contributed by atoms with Crippen LogP contribution in [0.15, 0.2) is 35.2 Å². The van der Waals surface area contributed by atoms with Crippen LogP contribution in [0.3, 0.4) is 0 Å². The Balaban J connectivity index is 1.22. The van der Waals surface area contributed by atoms with E-state index in [0.29, 0.717) is 11.5 Å². The lowest BCUT2D eigenvalue weighted by Crippen LogP contribution is -2.38. The average molecular weight is 452 g/mol. The number of hydrogen-bond acceptors (Lipinski definition) is 8. The normalized spacial score (nSPS) is 29.5. The average Bonchev–Trinajstić information content (AvgIpc) is 3.40. The molecular weight excluding hydrogens is 426 g/mol. The van der Waals surface area contributed by atoms with Gasteiger partial charge in [-0.2, -0.15) is 11.8 Å². The SMILES string of the molecule is O=C(CCSc1ccccc1)OCCN1C(=O)C2C3CC(SCCO)C(O3)C2C1=O. The summed E-state index contributed by atoms with van der Waals surface area (Å²) in [6, 6.07) is 9.82. The zero-order chi connectivity index (χ0) is 21.1. The molecule has 3 fully saturated rings. The Kier molecular flexibility index (Phi) is 7.02. The van der Waals surface area contributed by atoms with Crippen molar-refractivity contribution in [2.45, 2.75) is 35.2 Å².